The number of nitrogens with zero attached hydrogens (tertiary/aromatic N) is 2. The lowest BCUT2D eigenvalue weighted by Gasteiger charge is -2.33. The molecule has 0 radical (unpaired) electrons. The average molecular weight is 568 g/mol. The molecule has 0 amide bonds. The monoisotopic (exact) mass is 568 g/mol. The lowest BCUT2D eigenvalue weighted by atomic mass is 9.34. The molecule has 9 aromatic rings. The van der Waals surface area contributed by atoms with Crippen LogP contribution in [0, 0.1) is 0 Å². The molecule has 45 heavy (non-hydrogen) atoms. The smallest absolute Gasteiger partial charge is 0.252 e. The number of para-hydroxylation sites is 2. The van der Waals surface area contributed by atoms with E-state index in [1.807, 2.05) is 0 Å². The van der Waals surface area contributed by atoms with Crippen molar-refractivity contribution < 1.29 is 0 Å². The van der Waals surface area contributed by atoms with Crippen molar-refractivity contribution in [3.05, 3.63) is 152 Å². The predicted molar refractivity (Wildman–Crippen MR) is 191 cm³/mol. The molecule has 0 saturated carbocycles. The summed E-state index contributed by atoms with van der Waals surface area (Å²) in [6, 6.07) is 56.2. The second-order valence-corrected chi connectivity index (χ2v) is 12.5. The number of aromatic nitrogens is 2. The minimum atomic E-state index is 0.148. The quantitative estimate of drug-likeness (QED) is 0.186. The van der Waals surface area contributed by atoms with Gasteiger partial charge in [-0.05, 0) is 62.9 Å². The first kappa shape index (κ1) is 23.6. The number of fused-ring (bicyclic) bond motifs is 10. The van der Waals surface area contributed by atoms with Crippen LogP contribution in [-0.2, 0) is 0 Å². The fraction of sp³-hybridized carbons (Fsp3) is 0. The van der Waals surface area contributed by atoms with E-state index in [9.17, 15) is 0 Å². The zero-order valence-corrected chi connectivity index (χ0v) is 24.4. The van der Waals surface area contributed by atoms with Crippen LogP contribution in [0.5, 0.6) is 0 Å². The molecule has 2 aliphatic heterocycles. The van der Waals surface area contributed by atoms with Gasteiger partial charge in [0, 0.05) is 44.0 Å². The lowest BCUT2D eigenvalue weighted by Crippen LogP contribution is -2.59. The highest BCUT2D eigenvalue weighted by Gasteiger charge is 2.40. The Morgan fingerprint density at radius 2 is 1.07 bits per heavy atom. The van der Waals surface area contributed by atoms with Gasteiger partial charge in [-0.3, -0.25) is 0 Å². The van der Waals surface area contributed by atoms with Gasteiger partial charge in [0.15, 0.2) is 0 Å². The Morgan fingerprint density at radius 1 is 0.400 bits per heavy atom. The second kappa shape index (κ2) is 8.43. The van der Waals surface area contributed by atoms with Gasteiger partial charge < -0.3 is 9.13 Å². The zero-order valence-electron chi connectivity index (χ0n) is 24.4. The molecule has 206 valence electrons. The van der Waals surface area contributed by atoms with Gasteiger partial charge in [-0.1, -0.05) is 127 Å². The summed E-state index contributed by atoms with van der Waals surface area (Å²) >= 11 is 0. The maximum Gasteiger partial charge on any atom is 0.252 e. The first-order valence-electron chi connectivity index (χ1n) is 15.7. The van der Waals surface area contributed by atoms with Crippen molar-refractivity contribution in [3.63, 3.8) is 0 Å². The summed E-state index contributed by atoms with van der Waals surface area (Å²) in [4.78, 5) is 0. The molecular weight excluding hydrogens is 543 g/mol. The van der Waals surface area contributed by atoms with Crippen LogP contribution in [0.25, 0.3) is 77.2 Å². The molecule has 0 aliphatic carbocycles. The number of hydrogen-bond donors (Lipinski definition) is 0. The minimum Gasteiger partial charge on any atom is -0.310 e. The van der Waals surface area contributed by atoms with Gasteiger partial charge in [0.2, 0.25) is 0 Å². The molecule has 2 aliphatic rings. The lowest BCUT2D eigenvalue weighted by molar-refractivity contribution is 1.14. The van der Waals surface area contributed by atoms with E-state index in [0.29, 0.717) is 0 Å². The van der Waals surface area contributed by atoms with Crippen LogP contribution in [0.4, 0.5) is 0 Å². The van der Waals surface area contributed by atoms with E-state index < -0.39 is 0 Å². The summed E-state index contributed by atoms with van der Waals surface area (Å²) in [5.41, 5.74) is 16.9. The topological polar surface area (TPSA) is 9.86 Å². The van der Waals surface area contributed by atoms with Crippen LogP contribution in [0.3, 0.4) is 0 Å². The molecule has 0 spiro atoms. The van der Waals surface area contributed by atoms with E-state index in [2.05, 4.69) is 161 Å². The Morgan fingerprint density at radius 3 is 1.89 bits per heavy atom. The predicted octanol–water partition coefficient (Wildman–Crippen LogP) is 8.36. The Bertz CT molecular complexity index is 2680. The highest BCUT2D eigenvalue weighted by molar-refractivity contribution is 7.00. The van der Waals surface area contributed by atoms with Crippen molar-refractivity contribution in [2.45, 2.75) is 0 Å². The molecule has 3 heteroatoms. The summed E-state index contributed by atoms with van der Waals surface area (Å²) in [6.45, 7) is 0.148. The van der Waals surface area contributed by atoms with Crippen molar-refractivity contribution in [1.82, 2.24) is 9.13 Å². The summed E-state index contributed by atoms with van der Waals surface area (Å²) in [5.74, 6) is 0. The van der Waals surface area contributed by atoms with Crippen molar-refractivity contribution in [2.75, 3.05) is 0 Å². The third-order valence-electron chi connectivity index (χ3n) is 10.3. The molecule has 0 atom stereocenters. The molecule has 0 N–H and O–H groups in total. The average Bonchev–Trinajstić information content (AvgIpc) is 3.64. The van der Waals surface area contributed by atoms with E-state index in [-0.39, 0.29) is 6.71 Å². The van der Waals surface area contributed by atoms with Crippen LogP contribution < -0.4 is 16.4 Å². The first-order chi connectivity index (χ1) is 22.4. The van der Waals surface area contributed by atoms with Crippen LogP contribution in [0.15, 0.2) is 152 Å². The van der Waals surface area contributed by atoms with E-state index in [0.717, 1.165) is 0 Å². The fourth-order valence-corrected chi connectivity index (χ4v) is 8.55. The van der Waals surface area contributed by atoms with Gasteiger partial charge in [-0.15, -0.1) is 0 Å². The van der Waals surface area contributed by atoms with Gasteiger partial charge in [0.1, 0.15) is 0 Å². The maximum atomic E-state index is 2.55. The van der Waals surface area contributed by atoms with Crippen molar-refractivity contribution in [1.29, 1.82) is 0 Å². The summed E-state index contributed by atoms with van der Waals surface area (Å²) in [5, 5.41) is 5.27. The van der Waals surface area contributed by atoms with Gasteiger partial charge in [0.05, 0.1) is 11.0 Å². The summed E-state index contributed by atoms with van der Waals surface area (Å²) in [6.07, 6.45) is 0. The molecule has 0 fully saturated rings. The Labute approximate surface area is 260 Å². The van der Waals surface area contributed by atoms with Crippen LogP contribution in [0.1, 0.15) is 0 Å². The van der Waals surface area contributed by atoms with Crippen molar-refractivity contribution >= 4 is 66.7 Å². The maximum absolute atomic E-state index is 2.55. The third-order valence-corrected chi connectivity index (χ3v) is 10.3. The SMILES string of the molecule is c1ccc(-c2ccc3c4cccc5c4n(c3c2)-c2cccc3c2B5c2ccc(-c4ccccc4)c4c5ccccc5n-3c24)cc1. The molecule has 0 unspecified atom stereocenters. The molecule has 7 aromatic carbocycles. The molecule has 2 aromatic heterocycles. The Kier molecular flexibility index (Phi) is 4.43. The van der Waals surface area contributed by atoms with E-state index in [1.54, 1.807) is 0 Å². The van der Waals surface area contributed by atoms with E-state index >= 15 is 0 Å². The summed E-state index contributed by atoms with van der Waals surface area (Å²) < 4.78 is 5.10. The third kappa shape index (κ3) is 2.91. The zero-order chi connectivity index (χ0) is 29.2. The number of hydrogen-bond acceptors (Lipinski definition) is 0. The Hall–Kier alpha value is -5.80. The van der Waals surface area contributed by atoms with Crippen molar-refractivity contribution in [3.8, 4) is 33.6 Å². The van der Waals surface area contributed by atoms with Crippen LogP contribution in [0.2, 0.25) is 0 Å². The van der Waals surface area contributed by atoms with Gasteiger partial charge in [0.25, 0.3) is 6.71 Å². The van der Waals surface area contributed by atoms with Crippen molar-refractivity contribution in [2.24, 2.45) is 0 Å². The van der Waals surface area contributed by atoms with Crippen LogP contribution >= 0.6 is 0 Å². The molecule has 11 rings (SSSR count). The van der Waals surface area contributed by atoms with E-state index in [4.69, 9.17) is 0 Å². The van der Waals surface area contributed by atoms with Gasteiger partial charge in [-0.2, -0.15) is 0 Å². The van der Waals surface area contributed by atoms with Crippen LogP contribution in [-0.4, -0.2) is 15.8 Å². The number of rotatable bonds is 2. The van der Waals surface area contributed by atoms with Gasteiger partial charge in [-0.25, -0.2) is 0 Å². The summed E-state index contributed by atoms with van der Waals surface area (Å²) in [7, 11) is 0. The first-order valence-corrected chi connectivity index (χ1v) is 15.7. The Balaban J connectivity index is 1.30. The molecule has 0 saturated heterocycles. The van der Waals surface area contributed by atoms with E-state index in [1.165, 1.54) is 93.6 Å². The molecule has 4 heterocycles. The molecular formula is C42H25BN2. The largest absolute Gasteiger partial charge is 0.310 e. The molecule has 0 bridgehead atoms. The minimum absolute atomic E-state index is 0.148. The second-order valence-electron chi connectivity index (χ2n) is 12.5. The molecule has 2 nitrogen and oxygen atoms in total. The highest BCUT2D eigenvalue weighted by Crippen LogP contribution is 2.42. The normalized spacial score (nSPS) is 12.8. The fourth-order valence-electron chi connectivity index (χ4n) is 8.55. The standard InChI is InChI=1S/C42H25BN2/c1-3-11-26(12-4-1)28-21-22-30-31-16-9-17-33-41(31)45(38(30)25-28)37-20-10-19-36-40(37)43(33)34-24-23-29(27-13-5-2-6-14-27)39-32-15-7-8-18-35(32)44(36)42(34)39/h1-25H. The number of benzene rings is 7. The van der Waals surface area contributed by atoms with Gasteiger partial charge >= 0.3 is 0 Å². The highest BCUT2D eigenvalue weighted by atomic mass is 15.0.